The van der Waals surface area contributed by atoms with Crippen molar-refractivity contribution < 1.29 is 19.1 Å². The van der Waals surface area contributed by atoms with E-state index in [2.05, 4.69) is 11.4 Å². The van der Waals surface area contributed by atoms with Gasteiger partial charge in [-0.3, -0.25) is 4.79 Å². The van der Waals surface area contributed by atoms with Crippen LogP contribution < -0.4 is 10.1 Å². The van der Waals surface area contributed by atoms with E-state index < -0.39 is 18.0 Å². The molecule has 0 unspecified atom stereocenters. The minimum absolute atomic E-state index is 0.415. The fourth-order valence-corrected chi connectivity index (χ4v) is 5.26. The molecule has 2 heterocycles. The Morgan fingerprint density at radius 1 is 1.00 bits per heavy atom. The van der Waals surface area contributed by atoms with E-state index in [1.54, 1.807) is 36.5 Å². The van der Waals surface area contributed by atoms with E-state index in [0.717, 1.165) is 14.8 Å². The second kappa shape index (κ2) is 7.61. The van der Waals surface area contributed by atoms with Gasteiger partial charge in [-0.25, -0.2) is 4.79 Å². The maximum absolute atomic E-state index is 12.5. The lowest BCUT2D eigenvalue weighted by Gasteiger charge is -2.14. The molecule has 4 rings (SSSR count). The Balaban J connectivity index is 1.48. The van der Waals surface area contributed by atoms with E-state index in [4.69, 9.17) is 9.47 Å². The molecule has 4 aromatic rings. The van der Waals surface area contributed by atoms with E-state index in [-0.39, 0.29) is 0 Å². The number of rotatable bonds is 5. The average molecular weight is 412 g/mol. The summed E-state index contributed by atoms with van der Waals surface area (Å²) < 4.78 is 13.9. The van der Waals surface area contributed by atoms with Crippen molar-refractivity contribution in [2.45, 2.75) is 13.0 Å². The summed E-state index contributed by atoms with van der Waals surface area (Å²) in [6, 6.07) is 17.0. The highest BCUT2D eigenvalue weighted by molar-refractivity contribution is 7.33. The Bertz CT molecular complexity index is 1180. The first-order chi connectivity index (χ1) is 13.6. The van der Waals surface area contributed by atoms with Gasteiger partial charge in [-0.1, -0.05) is 30.3 Å². The maximum atomic E-state index is 12.5. The van der Waals surface area contributed by atoms with E-state index in [1.165, 1.54) is 23.1 Å². The highest BCUT2D eigenvalue weighted by atomic mass is 32.1. The summed E-state index contributed by atoms with van der Waals surface area (Å²) in [4.78, 5) is 25.4. The molecule has 1 amide bonds. The number of esters is 1. The standard InChI is InChI=1S/C21H17NO4S2/c1-12(20(23)22-14-8-4-5-9-15(14)25-2)26-21(24)18-11-17-19(28-18)13-7-3-6-10-16(13)27-17/h3-12H,1-2H3,(H,22,23)/t12-/m0/s1. The second-order valence-corrected chi connectivity index (χ2v) is 8.28. The Labute approximate surface area is 169 Å². The van der Waals surface area contributed by atoms with Crippen LogP contribution >= 0.6 is 22.7 Å². The first-order valence-electron chi connectivity index (χ1n) is 8.63. The van der Waals surface area contributed by atoms with Crippen LogP contribution in [0.4, 0.5) is 5.69 Å². The molecule has 0 bridgehead atoms. The summed E-state index contributed by atoms with van der Waals surface area (Å²) in [5.41, 5.74) is 0.529. The summed E-state index contributed by atoms with van der Waals surface area (Å²) >= 11 is 3.03. The molecule has 5 nitrogen and oxygen atoms in total. The highest BCUT2D eigenvalue weighted by Crippen LogP contribution is 2.39. The number of carbonyl (C=O) groups excluding carboxylic acids is 2. The fraction of sp³-hybridized carbons (Fsp3) is 0.143. The summed E-state index contributed by atoms with van der Waals surface area (Å²) in [6.45, 7) is 1.55. The van der Waals surface area contributed by atoms with E-state index in [0.29, 0.717) is 16.3 Å². The van der Waals surface area contributed by atoms with Crippen LogP contribution in [0.25, 0.3) is 19.5 Å². The average Bonchev–Trinajstić information content (AvgIpc) is 3.26. The molecule has 0 aliphatic heterocycles. The molecule has 0 spiro atoms. The monoisotopic (exact) mass is 411 g/mol. The zero-order valence-corrected chi connectivity index (χ0v) is 16.9. The van der Waals surface area contributed by atoms with Gasteiger partial charge in [-0.05, 0) is 31.2 Å². The largest absolute Gasteiger partial charge is 0.495 e. The summed E-state index contributed by atoms with van der Waals surface area (Å²) in [6.07, 6.45) is -0.936. The summed E-state index contributed by atoms with van der Waals surface area (Å²) in [5, 5.41) is 3.86. The lowest BCUT2D eigenvalue weighted by molar-refractivity contribution is -0.123. The SMILES string of the molecule is COc1ccccc1NC(=O)[C@H](C)OC(=O)c1cc2sc3ccccc3c2s1. The minimum Gasteiger partial charge on any atom is -0.495 e. The number of benzene rings is 2. The Morgan fingerprint density at radius 2 is 1.75 bits per heavy atom. The van der Waals surface area contributed by atoms with E-state index in [9.17, 15) is 9.59 Å². The fourth-order valence-electron chi connectivity index (χ4n) is 2.85. The van der Waals surface area contributed by atoms with Crippen LogP contribution in [0.1, 0.15) is 16.6 Å². The molecule has 1 atom stereocenters. The molecular formula is C21H17NO4S2. The van der Waals surface area contributed by atoms with Gasteiger partial charge >= 0.3 is 5.97 Å². The van der Waals surface area contributed by atoms with Gasteiger partial charge in [0, 0.05) is 14.8 Å². The number of thiophene rings is 2. The van der Waals surface area contributed by atoms with Crippen molar-refractivity contribution in [3.63, 3.8) is 0 Å². The van der Waals surface area contributed by atoms with Gasteiger partial charge in [-0.2, -0.15) is 0 Å². The quantitative estimate of drug-likeness (QED) is 0.452. The maximum Gasteiger partial charge on any atom is 0.349 e. The van der Waals surface area contributed by atoms with Gasteiger partial charge in [-0.15, -0.1) is 22.7 Å². The van der Waals surface area contributed by atoms with Crippen molar-refractivity contribution >= 4 is 59.7 Å². The van der Waals surface area contributed by atoms with Crippen molar-refractivity contribution in [3.8, 4) is 5.75 Å². The molecule has 7 heteroatoms. The Hall–Kier alpha value is -2.90. The van der Waals surface area contributed by atoms with Gasteiger partial charge in [0.15, 0.2) is 6.10 Å². The number of hydrogen-bond acceptors (Lipinski definition) is 6. The van der Waals surface area contributed by atoms with Crippen LogP contribution in [-0.2, 0) is 9.53 Å². The van der Waals surface area contributed by atoms with Crippen LogP contribution in [-0.4, -0.2) is 25.1 Å². The van der Waals surface area contributed by atoms with Gasteiger partial charge in [0.25, 0.3) is 5.91 Å². The molecular weight excluding hydrogens is 394 g/mol. The molecule has 0 aliphatic rings. The molecule has 0 saturated carbocycles. The van der Waals surface area contributed by atoms with Gasteiger partial charge in [0.2, 0.25) is 0 Å². The normalized spacial score (nSPS) is 12.1. The number of amides is 1. The molecule has 0 fully saturated rings. The van der Waals surface area contributed by atoms with E-state index >= 15 is 0 Å². The van der Waals surface area contributed by atoms with Crippen molar-refractivity contribution in [1.82, 2.24) is 0 Å². The number of nitrogens with one attached hydrogen (secondary N) is 1. The lowest BCUT2D eigenvalue weighted by Crippen LogP contribution is -2.29. The first-order valence-corrected chi connectivity index (χ1v) is 10.3. The first kappa shape index (κ1) is 18.5. The lowest BCUT2D eigenvalue weighted by atomic mass is 10.2. The second-order valence-electron chi connectivity index (χ2n) is 6.14. The molecule has 0 aliphatic carbocycles. The number of fused-ring (bicyclic) bond motifs is 3. The number of para-hydroxylation sites is 2. The minimum atomic E-state index is -0.936. The summed E-state index contributed by atoms with van der Waals surface area (Å²) in [5.74, 6) is -0.374. The van der Waals surface area contributed by atoms with Crippen molar-refractivity contribution in [2.75, 3.05) is 12.4 Å². The molecule has 1 N–H and O–H groups in total. The van der Waals surface area contributed by atoms with Gasteiger partial charge in [0.1, 0.15) is 10.6 Å². The zero-order chi connectivity index (χ0) is 19.7. The molecule has 28 heavy (non-hydrogen) atoms. The molecule has 0 saturated heterocycles. The van der Waals surface area contributed by atoms with Gasteiger partial charge in [0.05, 0.1) is 17.5 Å². The van der Waals surface area contributed by atoms with Gasteiger partial charge < -0.3 is 14.8 Å². The third-order valence-corrected chi connectivity index (χ3v) is 6.66. The number of anilines is 1. The predicted molar refractivity (Wildman–Crippen MR) is 114 cm³/mol. The van der Waals surface area contributed by atoms with E-state index in [1.807, 2.05) is 30.3 Å². The number of carbonyl (C=O) groups is 2. The van der Waals surface area contributed by atoms with Crippen LogP contribution in [0.2, 0.25) is 0 Å². The van der Waals surface area contributed by atoms with Crippen molar-refractivity contribution in [3.05, 3.63) is 59.5 Å². The molecule has 142 valence electrons. The van der Waals surface area contributed by atoms with Crippen molar-refractivity contribution in [2.24, 2.45) is 0 Å². The predicted octanol–water partition coefficient (Wildman–Crippen LogP) is 5.31. The highest BCUT2D eigenvalue weighted by Gasteiger charge is 2.22. The van der Waals surface area contributed by atoms with Crippen LogP contribution in [0, 0.1) is 0 Å². The van der Waals surface area contributed by atoms with Crippen LogP contribution in [0.3, 0.4) is 0 Å². The smallest absolute Gasteiger partial charge is 0.349 e. The topological polar surface area (TPSA) is 64.6 Å². The van der Waals surface area contributed by atoms with Crippen LogP contribution in [0.5, 0.6) is 5.75 Å². The Morgan fingerprint density at radius 3 is 2.57 bits per heavy atom. The molecule has 2 aromatic carbocycles. The third kappa shape index (κ3) is 3.46. The summed E-state index contributed by atoms with van der Waals surface area (Å²) in [7, 11) is 1.53. The number of ether oxygens (including phenoxy) is 2. The Kier molecular flexibility index (Phi) is 5.02. The molecule has 0 radical (unpaired) electrons. The number of methoxy groups -OCH3 is 1. The number of hydrogen-bond donors (Lipinski definition) is 1. The zero-order valence-electron chi connectivity index (χ0n) is 15.2. The third-order valence-electron chi connectivity index (χ3n) is 4.27. The van der Waals surface area contributed by atoms with Crippen LogP contribution in [0.15, 0.2) is 54.6 Å². The van der Waals surface area contributed by atoms with Crippen molar-refractivity contribution in [1.29, 1.82) is 0 Å². The molecule has 2 aromatic heterocycles.